The minimum Gasteiger partial charge on any atom is -0.193 e. The first-order chi connectivity index (χ1) is 9.72. The zero-order valence-corrected chi connectivity index (χ0v) is 14.1. The maximum Gasteiger partial charge on any atom is 0.0912 e. The second-order valence-electron chi connectivity index (χ2n) is 3.73. The molecule has 1 aromatic rings. The molecule has 0 amide bonds. The van der Waals surface area contributed by atoms with E-state index in [-0.39, 0.29) is 0 Å². The van der Waals surface area contributed by atoms with E-state index in [1.165, 1.54) is 22.8 Å². The number of benzene rings is 1. The molecule has 0 radical (unpaired) electrons. The Bertz CT molecular complexity index is 459. The summed E-state index contributed by atoms with van der Waals surface area (Å²) in [4.78, 5) is 0. The highest BCUT2D eigenvalue weighted by molar-refractivity contribution is 5.63. The lowest BCUT2D eigenvalue weighted by molar-refractivity contribution is 1.12. The zero-order valence-electron chi connectivity index (χ0n) is 14.1. The summed E-state index contributed by atoms with van der Waals surface area (Å²) in [5.74, 6) is 0. The number of rotatable bonds is 3. The number of hydrogen-bond donors (Lipinski definition) is 0. The number of nitrogens with zero attached hydrogens (tertiary/aromatic N) is 1. The van der Waals surface area contributed by atoms with Crippen molar-refractivity contribution in [2.24, 2.45) is 0 Å². The van der Waals surface area contributed by atoms with Crippen LogP contribution in [0.5, 0.6) is 0 Å². The summed E-state index contributed by atoms with van der Waals surface area (Å²) in [6.45, 7) is 14.3. The van der Waals surface area contributed by atoms with Crippen LogP contribution in [-0.2, 0) is 6.42 Å². The van der Waals surface area contributed by atoms with Gasteiger partial charge in [0, 0.05) is 6.08 Å². The lowest BCUT2D eigenvalue weighted by Crippen LogP contribution is -1.92. The number of nitriles is 1. The van der Waals surface area contributed by atoms with Crippen molar-refractivity contribution < 1.29 is 0 Å². The van der Waals surface area contributed by atoms with Crippen LogP contribution in [0.15, 0.2) is 24.3 Å². The molecule has 1 heteroatoms. The van der Waals surface area contributed by atoms with Gasteiger partial charge in [0.15, 0.2) is 0 Å². The molecular weight excluding hydrogens is 242 g/mol. The summed E-state index contributed by atoms with van der Waals surface area (Å²) in [6.07, 6.45) is 8.59. The van der Waals surface area contributed by atoms with Crippen molar-refractivity contribution in [1.29, 1.82) is 5.26 Å². The average Bonchev–Trinajstić information content (AvgIpc) is 2.51. The summed E-state index contributed by atoms with van der Waals surface area (Å²) in [5.41, 5.74) is 4.99. The van der Waals surface area contributed by atoms with Crippen LogP contribution in [0.2, 0.25) is 0 Å². The largest absolute Gasteiger partial charge is 0.193 e. The van der Waals surface area contributed by atoms with Crippen molar-refractivity contribution >= 4 is 12.2 Å². The minimum absolute atomic E-state index is 1.01. The number of hydrogen-bond acceptors (Lipinski definition) is 1. The molecule has 1 nitrogen and oxygen atoms in total. The fourth-order valence-electron chi connectivity index (χ4n) is 1.83. The van der Waals surface area contributed by atoms with E-state index in [2.05, 4.69) is 38.1 Å². The lowest BCUT2D eigenvalue weighted by Gasteiger charge is -2.09. The molecule has 0 aliphatic rings. The van der Waals surface area contributed by atoms with Crippen molar-refractivity contribution in [3.05, 3.63) is 46.5 Å². The Morgan fingerprint density at radius 2 is 1.70 bits per heavy atom. The molecule has 0 aliphatic heterocycles. The van der Waals surface area contributed by atoms with Crippen LogP contribution in [0.3, 0.4) is 0 Å². The Labute approximate surface area is 125 Å². The van der Waals surface area contributed by atoms with Gasteiger partial charge in [0.05, 0.1) is 6.07 Å². The highest BCUT2D eigenvalue weighted by Crippen LogP contribution is 2.20. The molecule has 110 valence electrons. The van der Waals surface area contributed by atoms with Gasteiger partial charge in [-0.25, -0.2) is 0 Å². The molecule has 1 aromatic carbocycles. The van der Waals surface area contributed by atoms with Gasteiger partial charge in [-0.05, 0) is 48.6 Å². The molecule has 20 heavy (non-hydrogen) atoms. The van der Waals surface area contributed by atoms with Crippen LogP contribution in [0.1, 0.15) is 63.8 Å². The minimum atomic E-state index is 1.01. The quantitative estimate of drug-likeness (QED) is 0.602. The van der Waals surface area contributed by atoms with E-state index in [1.807, 2.05) is 46.8 Å². The smallest absolute Gasteiger partial charge is 0.0912 e. The van der Waals surface area contributed by atoms with E-state index < -0.39 is 0 Å². The summed E-state index contributed by atoms with van der Waals surface area (Å²) in [7, 11) is 0. The summed E-state index contributed by atoms with van der Waals surface area (Å²) in [5, 5.41) is 8.51. The third kappa shape index (κ3) is 6.95. The summed E-state index contributed by atoms with van der Waals surface area (Å²) in [6, 6.07) is 6.28. The van der Waals surface area contributed by atoms with Gasteiger partial charge in [0.1, 0.15) is 0 Å². The fourth-order valence-corrected chi connectivity index (χ4v) is 1.83. The monoisotopic (exact) mass is 271 g/mol. The van der Waals surface area contributed by atoms with E-state index in [1.54, 1.807) is 0 Å². The summed E-state index contributed by atoms with van der Waals surface area (Å²) >= 11 is 0. The van der Waals surface area contributed by atoms with Gasteiger partial charge in [-0.3, -0.25) is 0 Å². The normalized spacial score (nSPS) is 9.50. The maximum atomic E-state index is 8.51. The number of allylic oxidation sites excluding steroid dienone is 2. The Kier molecular flexibility index (Phi) is 14.0. The molecule has 0 unspecified atom stereocenters. The van der Waals surface area contributed by atoms with Gasteiger partial charge < -0.3 is 0 Å². The lowest BCUT2D eigenvalue weighted by atomic mass is 9.96. The van der Waals surface area contributed by atoms with E-state index in [9.17, 15) is 0 Å². The highest BCUT2D eigenvalue weighted by atomic mass is 14.2. The van der Waals surface area contributed by atoms with Crippen LogP contribution >= 0.6 is 0 Å². The highest BCUT2D eigenvalue weighted by Gasteiger charge is 2.02. The molecular formula is C19H29N. The SMILES string of the molecule is C/C=C/c1c(C)cc(/C=C/C#N)cc1CC.CC.CC. The molecule has 0 spiro atoms. The Hall–Kier alpha value is -1.81. The van der Waals surface area contributed by atoms with E-state index in [4.69, 9.17) is 5.26 Å². The molecule has 0 atom stereocenters. The number of aryl methyl sites for hydroxylation is 2. The Morgan fingerprint density at radius 3 is 2.15 bits per heavy atom. The Balaban J connectivity index is 0. The van der Waals surface area contributed by atoms with Gasteiger partial charge in [-0.15, -0.1) is 0 Å². The fraction of sp³-hybridized carbons (Fsp3) is 0.421. The zero-order chi connectivity index (χ0) is 16.0. The maximum absolute atomic E-state index is 8.51. The van der Waals surface area contributed by atoms with Crippen LogP contribution in [0.4, 0.5) is 0 Å². The predicted octanol–water partition coefficient (Wildman–Crippen LogP) is 6.18. The van der Waals surface area contributed by atoms with E-state index in [0.29, 0.717) is 0 Å². The van der Waals surface area contributed by atoms with Gasteiger partial charge >= 0.3 is 0 Å². The molecule has 0 fully saturated rings. The first kappa shape index (κ1) is 20.5. The van der Waals surface area contributed by atoms with Crippen molar-refractivity contribution in [3.63, 3.8) is 0 Å². The van der Waals surface area contributed by atoms with Crippen LogP contribution in [0, 0.1) is 18.3 Å². The van der Waals surface area contributed by atoms with Crippen LogP contribution in [-0.4, -0.2) is 0 Å². The van der Waals surface area contributed by atoms with Crippen LogP contribution < -0.4 is 0 Å². The molecule has 0 saturated heterocycles. The van der Waals surface area contributed by atoms with Gasteiger partial charge in [-0.1, -0.05) is 58.9 Å². The van der Waals surface area contributed by atoms with Gasteiger partial charge in [0.25, 0.3) is 0 Å². The first-order valence-corrected chi connectivity index (χ1v) is 7.55. The Morgan fingerprint density at radius 1 is 1.10 bits per heavy atom. The van der Waals surface area contributed by atoms with Crippen molar-refractivity contribution in [3.8, 4) is 6.07 Å². The summed E-state index contributed by atoms with van der Waals surface area (Å²) < 4.78 is 0. The second kappa shape index (κ2) is 13.6. The van der Waals surface area contributed by atoms with Gasteiger partial charge in [-0.2, -0.15) is 5.26 Å². The molecule has 0 heterocycles. The van der Waals surface area contributed by atoms with E-state index in [0.717, 1.165) is 12.0 Å². The van der Waals surface area contributed by atoms with Crippen molar-refractivity contribution in [2.75, 3.05) is 0 Å². The third-order valence-corrected chi connectivity index (χ3v) is 2.56. The predicted molar refractivity (Wildman–Crippen MR) is 92.6 cm³/mol. The molecule has 1 rings (SSSR count). The second-order valence-corrected chi connectivity index (χ2v) is 3.73. The first-order valence-electron chi connectivity index (χ1n) is 7.55. The molecule has 0 saturated carbocycles. The molecule has 0 N–H and O–H groups in total. The van der Waals surface area contributed by atoms with Crippen molar-refractivity contribution in [1.82, 2.24) is 0 Å². The van der Waals surface area contributed by atoms with Crippen molar-refractivity contribution in [2.45, 2.75) is 54.9 Å². The van der Waals surface area contributed by atoms with E-state index >= 15 is 0 Å². The topological polar surface area (TPSA) is 23.8 Å². The van der Waals surface area contributed by atoms with Gasteiger partial charge in [0.2, 0.25) is 0 Å². The molecule has 0 aliphatic carbocycles. The third-order valence-electron chi connectivity index (χ3n) is 2.56. The standard InChI is InChI=1S/C15H17N.2C2H6/c1-4-7-15-12(3)10-13(8-6-9-16)11-14(15)5-2;2*1-2/h4,6-8,10-11H,5H2,1-3H3;2*1-2H3/b7-4+,8-6+;;. The van der Waals surface area contributed by atoms with Crippen LogP contribution in [0.25, 0.3) is 12.2 Å². The molecule has 0 bridgehead atoms. The average molecular weight is 271 g/mol. The molecule has 0 aromatic heterocycles.